The lowest BCUT2D eigenvalue weighted by Gasteiger charge is -2.30. The highest BCUT2D eigenvalue weighted by atomic mass is 16.3. The van der Waals surface area contributed by atoms with Gasteiger partial charge in [0.1, 0.15) is 0 Å². The summed E-state index contributed by atoms with van der Waals surface area (Å²) in [7, 11) is 0. The Balaban J connectivity index is 1.43. The molecule has 1 aliphatic carbocycles. The molecule has 1 aromatic heterocycles. The molecule has 0 bridgehead atoms. The number of aliphatic hydroxyl groups is 1. The van der Waals surface area contributed by atoms with Crippen molar-refractivity contribution in [2.24, 2.45) is 5.73 Å². The fourth-order valence-corrected chi connectivity index (χ4v) is 3.44. The summed E-state index contributed by atoms with van der Waals surface area (Å²) >= 11 is 0. The normalized spacial score (nSPS) is 18.0. The van der Waals surface area contributed by atoms with E-state index >= 15 is 0 Å². The Hall–Kier alpha value is -2.78. The van der Waals surface area contributed by atoms with Crippen LogP contribution in [0.4, 0.5) is 17.5 Å². The van der Waals surface area contributed by atoms with Crippen molar-refractivity contribution in [1.82, 2.24) is 20.1 Å². The van der Waals surface area contributed by atoms with Gasteiger partial charge >= 0.3 is 0 Å². The highest BCUT2D eigenvalue weighted by molar-refractivity contribution is 5.95. The van der Waals surface area contributed by atoms with Crippen LogP contribution in [0.5, 0.6) is 0 Å². The van der Waals surface area contributed by atoms with E-state index in [1.807, 2.05) is 12.1 Å². The minimum Gasteiger partial charge on any atom is -0.381 e. The Morgan fingerprint density at radius 3 is 2.46 bits per heavy atom. The summed E-state index contributed by atoms with van der Waals surface area (Å²) in [5.41, 5.74) is 7.56. The predicted octanol–water partition coefficient (Wildman–Crippen LogP) is 1.42. The lowest BCUT2D eigenvalue weighted by molar-refractivity contribution is 0.0837. The summed E-state index contributed by atoms with van der Waals surface area (Å²) in [6.45, 7) is 1.98. The van der Waals surface area contributed by atoms with Gasteiger partial charge in [-0.25, -0.2) is 0 Å². The van der Waals surface area contributed by atoms with E-state index in [1.165, 1.54) is 5.56 Å². The van der Waals surface area contributed by atoms with Crippen molar-refractivity contribution in [2.45, 2.75) is 37.6 Å². The van der Waals surface area contributed by atoms with Gasteiger partial charge in [-0.05, 0) is 49.3 Å². The van der Waals surface area contributed by atoms with Gasteiger partial charge in [0, 0.05) is 24.8 Å². The summed E-state index contributed by atoms with van der Waals surface area (Å²) < 4.78 is 0. The number of anilines is 3. The van der Waals surface area contributed by atoms with E-state index in [-0.39, 0.29) is 12.4 Å². The molecule has 1 amide bonds. The first-order valence-corrected chi connectivity index (χ1v) is 9.63. The monoisotopic (exact) mass is 383 g/mol. The molecule has 2 aliphatic rings. The molecule has 1 saturated heterocycles. The van der Waals surface area contributed by atoms with E-state index < -0.39 is 5.91 Å². The van der Waals surface area contributed by atoms with Crippen molar-refractivity contribution < 1.29 is 9.90 Å². The number of likely N-dealkylation sites (tertiary alicyclic amines) is 1. The zero-order valence-corrected chi connectivity index (χ0v) is 15.6. The maximum Gasteiger partial charge on any atom is 0.273 e. The van der Waals surface area contributed by atoms with Crippen LogP contribution in [0, 0.1) is 0 Å². The van der Waals surface area contributed by atoms with Crippen LogP contribution in [0.15, 0.2) is 24.3 Å². The van der Waals surface area contributed by atoms with Gasteiger partial charge in [-0.15, -0.1) is 10.2 Å². The first-order chi connectivity index (χ1) is 13.6. The summed E-state index contributed by atoms with van der Waals surface area (Å²) in [5.74, 6) is 0.558. The van der Waals surface area contributed by atoms with Crippen molar-refractivity contribution in [2.75, 3.05) is 30.5 Å². The predicted molar refractivity (Wildman–Crippen MR) is 105 cm³/mol. The van der Waals surface area contributed by atoms with Gasteiger partial charge in [-0.3, -0.25) is 9.69 Å². The number of primary amides is 1. The zero-order chi connectivity index (χ0) is 19.5. The number of piperidine rings is 1. The molecule has 28 heavy (non-hydrogen) atoms. The number of benzene rings is 1. The van der Waals surface area contributed by atoms with Crippen LogP contribution < -0.4 is 16.4 Å². The lowest BCUT2D eigenvalue weighted by Crippen LogP contribution is -2.33. The second-order valence-electron chi connectivity index (χ2n) is 7.40. The quantitative estimate of drug-likeness (QED) is 0.565. The molecule has 1 saturated carbocycles. The Morgan fingerprint density at radius 1 is 1.14 bits per heavy atom. The molecule has 0 atom stereocenters. The molecule has 1 aromatic carbocycles. The van der Waals surface area contributed by atoms with Gasteiger partial charge in [0.05, 0.1) is 6.73 Å². The highest BCUT2D eigenvalue weighted by Gasteiger charge is 2.25. The Labute approximate surface area is 163 Å². The standard InChI is InChI=1S/C19H25N7O2/c20-17(28)16-18(21-14-5-6-14)23-19(25-24-16)22-15-3-1-12(2-4-15)13-7-9-26(11-27)10-8-13/h1-4,13-14,27H,5-11H2,(H2,20,28)(H2,21,22,23,25). The largest absolute Gasteiger partial charge is 0.381 e. The molecule has 9 heteroatoms. The minimum absolute atomic E-state index is 0.0574. The van der Waals surface area contributed by atoms with E-state index in [9.17, 15) is 9.90 Å². The molecule has 0 unspecified atom stereocenters. The Morgan fingerprint density at radius 2 is 1.86 bits per heavy atom. The Kier molecular flexibility index (Phi) is 5.36. The van der Waals surface area contributed by atoms with Gasteiger partial charge in [-0.2, -0.15) is 4.98 Å². The third-order valence-electron chi connectivity index (χ3n) is 5.26. The minimum atomic E-state index is -0.647. The summed E-state index contributed by atoms with van der Waals surface area (Å²) in [4.78, 5) is 18.0. The average Bonchev–Trinajstić information content (AvgIpc) is 3.53. The highest BCUT2D eigenvalue weighted by Crippen LogP contribution is 2.29. The Bertz CT molecular complexity index is 831. The smallest absolute Gasteiger partial charge is 0.273 e. The molecule has 0 radical (unpaired) electrons. The molecule has 0 spiro atoms. The number of nitrogens with two attached hydrogens (primary N) is 1. The zero-order valence-electron chi connectivity index (χ0n) is 15.6. The van der Waals surface area contributed by atoms with Crippen LogP contribution >= 0.6 is 0 Å². The molecule has 5 N–H and O–H groups in total. The number of aliphatic hydroxyl groups excluding tert-OH is 1. The van der Waals surface area contributed by atoms with E-state index in [4.69, 9.17) is 5.73 Å². The van der Waals surface area contributed by atoms with Crippen LogP contribution in [0.2, 0.25) is 0 Å². The fraction of sp³-hybridized carbons (Fsp3) is 0.474. The van der Waals surface area contributed by atoms with E-state index in [0.717, 1.165) is 44.5 Å². The number of nitrogens with one attached hydrogen (secondary N) is 2. The van der Waals surface area contributed by atoms with Crippen molar-refractivity contribution >= 4 is 23.4 Å². The third-order valence-corrected chi connectivity index (χ3v) is 5.26. The van der Waals surface area contributed by atoms with Crippen LogP contribution in [0.25, 0.3) is 0 Å². The first kappa shape index (κ1) is 18.6. The van der Waals surface area contributed by atoms with Gasteiger partial charge in [0.25, 0.3) is 5.91 Å². The van der Waals surface area contributed by atoms with E-state index in [0.29, 0.717) is 23.7 Å². The molecule has 9 nitrogen and oxygen atoms in total. The number of rotatable bonds is 7. The lowest BCUT2D eigenvalue weighted by atomic mass is 9.89. The number of amides is 1. The molecule has 1 aliphatic heterocycles. The maximum absolute atomic E-state index is 11.5. The van der Waals surface area contributed by atoms with Gasteiger partial charge in [-0.1, -0.05) is 12.1 Å². The molecular formula is C19H25N7O2. The SMILES string of the molecule is NC(=O)c1nnc(Nc2ccc(C3CCN(CO)CC3)cc2)nc1NC1CC1. The first-order valence-electron chi connectivity index (χ1n) is 9.63. The molecule has 2 aromatic rings. The number of hydrogen-bond acceptors (Lipinski definition) is 8. The second-order valence-corrected chi connectivity index (χ2v) is 7.40. The second kappa shape index (κ2) is 8.07. The van der Waals surface area contributed by atoms with Crippen molar-refractivity contribution in [3.05, 3.63) is 35.5 Å². The van der Waals surface area contributed by atoms with Crippen LogP contribution in [0.1, 0.15) is 47.7 Å². The number of carbonyl (C=O) groups is 1. The number of hydrogen-bond donors (Lipinski definition) is 4. The summed E-state index contributed by atoms with van der Waals surface area (Å²) in [6, 6.07) is 8.52. The molecule has 4 rings (SSSR count). The van der Waals surface area contributed by atoms with Crippen LogP contribution in [0.3, 0.4) is 0 Å². The molecular weight excluding hydrogens is 358 g/mol. The molecule has 2 fully saturated rings. The van der Waals surface area contributed by atoms with Crippen molar-refractivity contribution in [3.63, 3.8) is 0 Å². The van der Waals surface area contributed by atoms with Crippen LogP contribution in [-0.4, -0.2) is 57.0 Å². The number of carbonyl (C=O) groups excluding carboxylic acids is 1. The topological polar surface area (TPSA) is 129 Å². The van der Waals surface area contributed by atoms with E-state index in [2.05, 4.69) is 42.8 Å². The summed E-state index contributed by atoms with van der Waals surface area (Å²) in [6.07, 6.45) is 4.18. The number of nitrogens with zero attached hydrogens (tertiary/aromatic N) is 4. The average molecular weight is 383 g/mol. The summed E-state index contributed by atoms with van der Waals surface area (Å²) in [5, 5.41) is 23.4. The van der Waals surface area contributed by atoms with Gasteiger partial charge in [0.15, 0.2) is 11.5 Å². The van der Waals surface area contributed by atoms with Gasteiger partial charge in [0.2, 0.25) is 5.95 Å². The van der Waals surface area contributed by atoms with Crippen molar-refractivity contribution in [1.29, 1.82) is 0 Å². The fourth-order valence-electron chi connectivity index (χ4n) is 3.44. The third kappa shape index (κ3) is 4.37. The van der Waals surface area contributed by atoms with E-state index in [1.54, 1.807) is 0 Å². The van der Waals surface area contributed by atoms with Crippen LogP contribution in [-0.2, 0) is 0 Å². The molecule has 148 valence electrons. The van der Waals surface area contributed by atoms with Gasteiger partial charge < -0.3 is 21.5 Å². The van der Waals surface area contributed by atoms with Crippen molar-refractivity contribution in [3.8, 4) is 0 Å². The maximum atomic E-state index is 11.5. The number of aromatic nitrogens is 3. The molecule has 2 heterocycles.